The van der Waals surface area contributed by atoms with Gasteiger partial charge < -0.3 is 5.32 Å². The summed E-state index contributed by atoms with van der Waals surface area (Å²) in [7, 11) is 0. The molecule has 1 aromatic rings. The normalized spacial score (nSPS) is 15.7. The van der Waals surface area contributed by atoms with Gasteiger partial charge in [0.05, 0.1) is 11.2 Å². The maximum atomic E-state index is 10.9. The molecule has 4 heteroatoms. The van der Waals surface area contributed by atoms with Crippen LogP contribution in [0, 0.1) is 0 Å². The molecule has 3 nitrogen and oxygen atoms in total. The second-order valence-corrected chi connectivity index (χ2v) is 4.01. The molecule has 74 valence electrons. The minimum absolute atomic E-state index is 0.237. The summed E-state index contributed by atoms with van der Waals surface area (Å²) < 4.78 is 0. The van der Waals surface area contributed by atoms with Crippen molar-refractivity contribution in [2.45, 2.75) is 19.3 Å². The molecule has 0 saturated heterocycles. The summed E-state index contributed by atoms with van der Waals surface area (Å²) in [6.07, 6.45) is 4.17. The van der Waals surface area contributed by atoms with Crippen LogP contribution in [0.15, 0.2) is 22.7 Å². The highest BCUT2D eigenvalue weighted by molar-refractivity contribution is 7.07. The third-order valence-corrected chi connectivity index (χ3v) is 2.83. The lowest BCUT2D eigenvalue weighted by Crippen LogP contribution is -2.15. The number of aromatic nitrogens is 1. The standard InChI is InChI=1S/C10H12N2OS/c13-10-2-1-8(5-10)11-4-3-9-6-14-7-12-9/h5-7,11H,1-4H2. The lowest BCUT2D eigenvalue weighted by molar-refractivity contribution is -0.114. The van der Waals surface area contributed by atoms with Crippen LogP contribution >= 0.6 is 11.3 Å². The molecule has 1 N–H and O–H groups in total. The molecule has 1 aliphatic carbocycles. The minimum Gasteiger partial charge on any atom is -0.388 e. The SMILES string of the molecule is O=C1C=C(NCCc2cscn2)CC1. The summed E-state index contributed by atoms with van der Waals surface area (Å²) in [6, 6.07) is 0. The number of carbonyl (C=O) groups excluding carboxylic acids is 1. The van der Waals surface area contributed by atoms with E-state index in [2.05, 4.69) is 15.7 Å². The Balaban J connectivity index is 1.73. The molecule has 1 aromatic heterocycles. The average molecular weight is 208 g/mol. The molecule has 0 saturated carbocycles. The van der Waals surface area contributed by atoms with Gasteiger partial charge in [-0.2, -0.15) is 0 Å². The second kappa shape index (κ2) is 4.37. The predicted molar refractivity (Wildman–Crippen MR) is 56.1 cm³/mol. The first kappa shape index (κ1) is 9.40. The van der Waals surface area contributed by atoms with Gasteiger partial charge in [-0.05, 0) is 6.42 Å². The van der Waals surface area contributed by atoms with E-state index < -0.39 is 0 Å². The summed E-state index contributed by atoms with van der Waals surface area (Å²) in [5.41, 5.74) is 4.03. The molecule has 0 aromatic carbocycles. The van der Waals surface area contributed by atoms with E-state index in [0.717, 1.165) is 30.8 Å². The van der Waals surface area contributed by atoms with Crippen molar-refractivity contribution in [3.63, 3.8) is 0 Å². The largest absolute Gasteiger partial charge is 0.388 e. The Morgan fingerprint density at radius 1 is 1.50 bits per heavy atom. The van der Waals surface area contributed by atoms with Crippen LogP contribution in [0.2, 0.25) is 0 Å². The summed E-state index contributed by atoms with van der Waals surface area (Å²) >= 11 is 1.62. The molecule has 0 amide bonds. The van der Waals surface area contributed by atoms with Crippen molar-refractivity contribution >= 4 is 17.1 Å². The van der Waals surface area contributed by atoms with E-state index in [4.69, 9.17) is 0 Å². The molecule has 1 aliphatic rings. The number of hydrogen-bond acceptors (Lipinski definition) is 4. The topological polar surface area (TPSA) is 42.0 Å². The smallest absolute Gasteiger partial charge is 0.157 e. The van der Waals surface area contributed by atoms with Gasteiger partial charge in [-0.3, -0.25) is 4.79 Å². The van der Waals surface area contributed by atoms with E-state index in [-0.39, 0.29) is 5.78 Å². The van der Waals surface area contributed by atoms with Gasteiger partial charge in [0.15, 0.2) is 5.78 Å². The number of thiazole rings is 1. The van der Waals surface area contributed by atoms with Gasteiger partial charge in [-0.1, -0.05) is 0 Å². The molecular weight excluding hydrogens is 196 g/mol. The predicted octanol–water partition coefficient (Wildman–Crippen LogP) is 1.52. The summed E-state index contributed by atoms with van der Waals surface area (Å²) in [5, 5.41) is 5.31. The number of rotatable bonds is 4. The molecule has 0 radical (unpaired) electrons. The first-order valence-corrected chi connectivity index (χ1v) is 5.63. The maximum Gasteiger partial charge on any atom is 0.157 e. The van der Waals surface area contributed by atoms with Gasteiger partial charge >= 0.3 is 0 Å². The van der Waals surface area contributed by atoms with E-state index in [1.165, 1.54) is 0 Å². The fourth-order valence-electron chi connectivity index (χ4n) is 1.45. The minimum atomic E-state index is 0.237. The zero-order valence-electron chi connectivity index (χ0n) is 7.82. The van der Waals surface area contributed by atoms with Crippen molar-refractivity contribution in [2.75, 3.05) is 6.54 Å². The monoisotopic (exact) mass is 208 g/mol. The highest BCUT2D eigenvalue weighted by Crippen LogP contribution is 2.11. The molecule has 0 unspecified atom stereocenters. The van der Waals surface area contributed by atoms with Gasteiger partial charge in [-0.25, -0.2) is 4.98 Å². The van der Waals surface area contributed by atoms with E-state index in [9.17, 15) is 4.79 Å². The Labute approximate surface area is 86.9 Å². The van der Waals surface area contributed by atoms with Crippen molar-refractivity contribution in [2.24, 2.45) is 0 Å². The lowest BCUT2D eigenvalue weighted by atomic mass is 10.3. The first-order chi connectivity index (χ1) is 6.84. The van der Waals surface area contributed by atoms with Crippen molar-refractivity contribution in [1.29, 1.82) is 0 Å². The van der Waals surface area contributed by atoms with Crippen LogP contribution in [-0.2, 0) is 11.2 Å². The molecule has 0 bridgehead atoms. The zero-order valence-corrected chi connectivity index (χ0v) is 8.64. The summed E-state index contributed by atoms with van der Waals surface area (Å²) in [4.78, 5) is 15.1. The lowest BCUT2D eigenvalue weighted by Gasteiger charge is -2.04. The fraction of sp³-hybridized carbons (Fsp3) is 0.400. The van der Waals surface area contributed by atoms with Gasteiger partial charge in [-0.15, -0.1) is 11.3 Å². The van der Waals surface area contributed by atoms with Crippen molar-refractivity contribution in [3.8, 4) is 0 Å². The van der Waals surface area contributed by atoms with E-state index in [0.29, 0.717) is 6.42 Å². The number of hydrogen-bond donors (Lipinski definition) is 1. The number of nitrogens with one attached hydrogen (secondary N) is 1. The molecule has 2 rings (SSSR count). The van der Waals surface area contributed by atoms with Crippen LogP contribution in [0.25, 0.3) is 0 Å². The van der Waals surface area contributed by atoms with Crippen LogP contribution in [-0.4, -0.2) is 17.3 Å². The van der Waals surface area contributed by atoms with Crippen LogP contribution in [0.3, 0.4) is 0 Å². The molecule has 0 atom stereocenters. The first-order valence-electron chi connectivity index (χ1n) is 4.69. The van der Waals surface area contributed by atoms with E-state index in [1.54, 1.807) is 17.4 Å². The van der Waals surface area contributed by atoms with Crippen LogP contribution < -0.4 is 5.32 Å². The van der Waals surface area contributed by atoms with Gasteiger partial charge in [0.2, 0.25) is 0 Å². The number of carbonyl (C=O) groups is 1. The van der Waals surface area contributed by atoms with Crippen LogP contribution in [0.4, 0.5) is 0 Å². The van der Waals surface area contributed by atoms with Gasteiger partial charge in [0.1, 0.15) is 0 Å². The Morgan fingerprint density at radius 3 is 3.07 bits per heavy atom. The summed E-state index contributed by atoms with van der Waals surface area (Å²) in [6.45, 7) is 0.864. The quantitative estimate of drug-likeness (QED) is 0.815. The maximum absolute atomic E-state index is 10.9. The Morgan fingerprint density at radius 2 is 2.43 bits per heavy atom. The molecule has 1 heterocycles. The number of allylic oxidation sites excluding steroid dienone is 2. The summed E-state index contributed by atoms with van der Waals surface area (Å²) in [5.74, 6) is 0.237. The zero-order chi connectivity index (χ0) is 9.80. The van der Waals surface area contributed by atoms with Gasteiger partial charge in [0.25, 0.3) is 0 Å². The molecule has 0 fully saturated rings. The Kier molecular flexibility index (Phi) is 2.93. The van der Waals surface area contributed by atoms with E-state index >= 15 is 0 Å². The Hall–Kier alpha value is -1.16. The molecule has 0 aliphatic heterocycles. The van der Waals surface area contributed by atoms with Gasteiger partial charge in [0, 0.05) is 36.5 Å². The fourth-order valence-corrected chi connectivity index (χ4v) is 2.04. The highest BCUT2D eigenvalue weighted by atomic mass is 32.1. The van der Waals surface area contributed by atoms with Crippen molar-refractivity contribution in [3.05, 3.63) is 28.4 Å². The second-order valence-electron chi connectivity index (χ2n) is 3.29. The average Bonchev–Trinajstić information content (AvgIpc) is 2.77. The number of nitrogens with zero attached hydrogens (tertiary/aromatic N) is 1. The van der Waals surface area contributed by atoms with Crippen molar-refractivity contribution < 1.29 is 4.79 Å². The number of ketones is 1. The molecule has 0 spiro atoms. The van der Waals surface area contributed by atoms with Crippen LogP contribution in [0.5, 0.6) is 0 Å². The third kappa shape index (κ3) is 2.42. The van der Waals surface area contributed by atoms with Crippen molar-refractivity contribution in [1.82, 2.24) is 10.3 Å². The molecule has 14 heavy (non-hydrogen) atoms. The van der Waals surface area contributed by atoms with E-state index in [1.807, 2.05) is 5.51 Å². The highest BCUT2D eigenvalue weighted by Gasteiger charge is 2.10. The molecular formula is C10H12N2OS. The Bertz CT molecular complexity index is 343. The third-order valence-electron chi connectivity index (χ3n) is 2.19. The van der Waals surface area contributed by atoms with Crippen LogP contribution in [0.1, 0.15) is 18.5 Å².